The van der Waals surface area contributed by atoms with E-state index in [2.05, 4.69) is 0 Å². The molecule has 1 aromatic carbocycles. The van der Waals surface area contributed by atoms with Crippen molar-refractivity contribution in [2.24, 2.45) is 0 Å². The first-order valence-electron chi connectivity index (χ1n) is 5.60. The van der Waals surface area contributed by atoms with Crippen molar-refractivity contribution >= 4 is 58.4 Å². The lowest BCUT2D eigenvalue weighted by molar-refractivity contribution is -0.132. The normalized spacial score (nSPS) is 16.0. The van der Waals surface area contributed by atoms with Crippen LogP contribution in [0.15, 0.2) is 23.8 Å². The van der Waals surface area contributed by atoms with Gasteiger partial charge in [0.15, 0.2) is 5.11 Å². The first-order chi connectivity index (χ1) is 9.34. The first-order valence-corrected chi connectivity index (χ1v) is 6.76. The Balaban J connectivity index is 2.52. The maximum Gasteiger partial charge on any atom is 0.265 e. The van der Waals surface area contributed by atoms with E-state index >= 15 is 0 Å². The second-order valence-corrected chi connectivity index (χ2v) is 5.36. The SMILES string of the molecule is CN1C(=O)C(=Cc2cccc(Cl)c2Cl)C(=O)N(C)C1=S. The van der Waals surface area contributed by atoms with Crippen molar-refractivity contribution < 1.29 is 9.59 Å². The molecule has 2 rings (SSSR count). The summed E-state index contributed by atoms with van der Waals surface area (Å²) in [6.45, 7) is 0. The fraction of sp³-hybridized carbons (Fsp3) is 0.154. The highest BCUT2D eigenvalue weighted by molar-refractivity contribution is 7.80. The molecule has 0 spiro atoms. The second kappa shape index (κ2) is 5.52. The third-order valence-corrected chi connectivity index (χ3v) is 4.31. The summed E-state index contributed by atoms with van der Waals surface area (Å²) in [7, 11) is 3.03. The number of benzene rings is 1. The molecule has 0 N–H and O–H groups in total. The fourth-order valence-electron chi connectivity index (χ4n) is 1.76. The van der Waals surface area contributed by atoms with Gasteiger partial charge in [0.1, 0.15) is 5.57 Å². The van der Waals surface area contributed by atoms with E-state index in [9.17, 15) is 9.59 Å². The maximum absolute atomic E-state index is 12.1. The summed E-state index contributed by atoms with van der Waals surface area (Å²) in [6, 6.07) is 4.99. The topological polar surface area (TPSA) is 40.6 Å². The average molecular weight is 329 g/mol. The molecule has 1 aliphatic rings. The molecule has 0 aromatic heterocycles. The monoisotopic (exact) mass is 328 g/mol. The van der Waals surface area contributed by atoms with Crippen molar-refractivity contribution in [1.82, 2.24) is 9.80 Å². The molecule has 4 nitrogen and oxygen atoms in total. The van der Waals surface area contributed by atoms with Crippen LogP contribution in [-0.2, 0) is 9.59 Å². The molecule has 104 valence electrons. The Bertz CT molecular complexity index is 632. The van der Waals surface area contributed by atoms with Crippen molar-refractivity contribution in [2.45, 2.75) is 0 Å². The molecule has 0 aliphatic carbocycles. The quantitative estimate of drug-likeness (QED) is 0.452. The Morgan fingerprint density at radius 1 is 1.10 bits per heavy atom. The third-order valence-electron chi connectivity index (χ3n) is 2.93. The molecule has 0 atom stereocenters. The Labute approximate surface area is 131 Å². The van der Waals surface area contributed by atoms with Crippen molar-refractivity contribution in [2.75, 3.05) is 14.1 Å². The highest BCUT2D eigenvalue weighted by atomic mass is 35.5. The van der Waals surface area contributed by atoms with E-state index in [1.165, 1.54) is 30.0 Å². The fourth-order valence-corrected chi connectivity index (χ4v) is 2.29. The summed E-state index contributed by atoms with van der Waals surface area (Å²) in [6.07, 6.45) is 1.42. The summed E-state index contributed by atoms with van der Waals surface area (Å²) in [4.78, 5) is 26.8. The minimum absolute atomic E-state index is 0.00670. The zero-order chi connectivity index (χ0) is 15.0. The highest BCUT2D eigenvalue weighted by Crippen LogP contribution is 2.28. The van der Waals surface area contributed by atoms with Crippen LogP contribution in [-0.4, -0.2) is 40.8 Å². The van der Waals surface area contributed by atoms with Gasteiger partial charge in [0.25, 0.3) is 11.8 Å². The van der Waals surface area contributed by atoms with Crippen LogP contribution in [0.25, 0.3) is 6.08 Å². The van der Waals surface area contributed by atoms with Gasteiger partial charge >= 0.3 is 0 Å². The number of likely N-dealkylation sites (N-methyl/N-ethyl adjacent to an activating group) is 2. The van der Waals surface area contributed by atoms with E-state index in [1.807, 2.05) is 0 Å². The molecular weight excluding hydrogens is 319 g/mol. The Morgan fingerprint density at radius 3 is 2.20 bits per heavy atom. The summed E-state index contributed by atoms with van der Waals surface area (Å²) in [5.41, 5.74) is 0.498. The number of hydrogen-bond acceptors (Lipinski definition) is 3. The molecular formula is C13H10Cl2N2O2S. The molecule has 0 radical (unpaired) electrons. The lowest BCUT2D eigenvalue weighted by atomic mass is 10.1. The lowest BCUT2D eigenvalue weighted by Crippen LogP contribution is -2.52. The number of hydrogen-bond donors (Lipinski definition) is 0. The van der Waals surface area contributed by atoms with Gasteiger partial charge in [-0.25, -0.2) is 0 Å². The number of rotatable bonds is 1. The Hall–Kier alpha value is -1.43. The number of halogens is 2. The number of carbonyl (C=O) groups is 2. The molecule has 1 aromatic rings. The molecule has 1 saturated heterocycles. The van der Waals surface area contributed by atoms with Gasteiger partial charge in [-0.05, 0) is 29.9 Å². The van der Waals surface area contributed by atoms with E-state index in [1.54, 1.807) is 18.2 Å². The van der Waals surface area contributed by atoms with Crippen LogP contribution in [0.3, 0.4) is 0 Å². The van der Waals surface area contributed by atoms with Gasteiger partial charge in [0.05, 0.1) is 10.0 Å². The summed E-state index contributed by atoms with van der Waals surface area (Å²) in [5, 5.41) is 0.809. The molecule has 1 aliphatic heterocycles. The molecule has 7 heteroatoms. The van der Waals surface area contributed by atoms with Gasteiger partial charge in [-0.2, -0.15) is 0 Å². The summed E-state index contributed by atoms with van der Waals surface area (Å²) >= 11 is 17.0. The number of carbonyl (C=O) groups excluding carboxylic acids is 2. The first kappa shape index (κ1) is 15.0. The van der Waals surface area contributed by atoms with Crippen LogP contribution in [0.2, 0.25) is 10.0 Å². The minimum atomic E-state index is -0.464. The van der Waals surface area contributed by atoms with Crippen LogP contribution < -0.4 is 0 Å². The maximum atomic E-state index is 12.1. The molecule has 20 heavy (non-hydrogen) atoms. The summed E-state index contributed by atoms with van der Waals surface area (Å²) in [5.74, 6) is -0.928. The zero-order valence-electron chi connectivity index (χ0n) is 10.7. The zero-order valence-corrected chi connectivity index (χ0v) is 13.0. The van der Waals surface area contributed by atoms with Crippen LogP contribution in [0, 0.1) is 0 Å². The largest absolute Gasteiger partial charge is 0.288 e. The summed E-state index contributed by atoms with van der Waals surface area (Å²) < 4.78 is 0. The number of nitrogens with zero attached hydrogens (tertiary/aromatic N) is 2. The van der Waals surface area contributed by atoms with Gasteiger partial charge in [-0.1, -0.05) is 35.3 Å². The minimum Gasteiger partial charge on any atom is -0.288 e. The average Bonchev–Trinajstić information content (AvgIpc) is 2.43. The van der Waals surface area contributed by atoms with E-state index in [0.29, 0.717) is 15.6 Å². The Morgan fingerprint density at radius 2 is 1.65 bits per heavy atom. The van der Waals surface area contributed by atoms with Crippen LogP contribution in [0.1, 0.15) is 5.56 Å². The second-order valence-electron chi connectivity index (χ2n) is 4.21. The molecule has 0 saturated carbocycles. The van der Waals surface area contributed by atoms with E-state index in [-0.39, 0.29) is 10.7 Å². The lowest BCUT2D eigenvalue weighted by Gasteiger charge is -2.31. The standard InChI is InChI=1S/C13H10Cl2N2O2S/c1-16-11(18)8(12(19)17(2)13(16)20)6-7-4-3-5-9(14)10(7)15/h3-6H,1-2H3. The smallest absolute Gasteiger partial charge is 0.265 e. The van der Waals surface area contributed by atoms with Crippen molar-refractivity contribution in [3.8, 4) is 0 Å². The van der Waals surface area contributed by atoms with Crippen molar-refractivity contribution in [1.29, 1.82) is 0 Å². The third kappa shape index (κ3) is 2.44. The van der Waals surface area contributed by atoms with E-state index < -0.39 is 11.8 Å². The molecule has 1 heterocycles. The predicted molar refractivity (Wildman–Crippen MR) is 82.6 cm³/mol. The molecule has 0 bridgehead atoms. The van der Waals surface area contributed by atoms with Crippen LogP contribution >= 0.6 is 35.4 Å². The van der Waals surface area contributed by atoms with E-state index in [4.69, 9.17) is 35.4 Å². The van der Waals surface area contributed by atoms with Gasteiger partial charge in [-0.3, -0.25) is 19.4 Å². The van der Waals surface area contributed by atoms with Crippen LogP contribution in [0.5, 0.6) is 0 Å². The van der Waals surface area contributed by atoms with Crippen molar-refractivity contribution in [3.05, 3.63) is 39.4 Å². The van der Waals surface area contributed by atoms with E-state index in [0.717, 1.165) is 0 Å². The van der Waals surface area contributed by atoms with Gasteiger partial charge < -0.3 is 0 Å². The number of thiocarbonyl (C=S) groups is 1. The molecule has 0 unspecified atom stereocenters. The van der Waals surface area contributed by atoms with Gasteiger partial charge in [-0.15, -0.1) is 0 Å². The predicted octanol–water partition coefficient (Wildman–Crippen LogP) is 2.59. The molecule has 1 fully saturated rings. The number of amides is 2. The van der Waals surface area contributed by atoms with Crippen LogP contribution in [0.4, 0.5) is 0 Å². The van der Waals surface area contributed by atoms with Crippen molar-refractivity contribution in [3.63, 3.8) is 0 Å². The Kier molecular flexibility index (Phi) is 4.13. The molecule has 2 amide bonds. The van der Waals surface area contributed by atoms with Gasteiger partial charge in [0.2, 0.25) is 0 Å². The van der Waals surface area contributed by atoms with Gasteiger partial charge in [0, 0.05) is 14.1 Å². The highest BCUT2D eigenvalue weighted by Gasteiger charge is 2.35.